The first-order valence-electron chi connectivity index (χ1n) is 15.1. The molecule has 3 fully saturated rings. The van der Waals surface area contributed by atoms with Crippen molar-refractivity contribution >= 4 is 51.7 Å². The third kappa shape index (κ3) is 6.93. The highest BCUT2D eigenvalue weighted by Crippen LogP contribution is 2.68. The molecule has 0 amide bonds. The number of nitrogens with two attached hydrogens (primary N) is 1. The summed E-state index contributed by atoms with van der Waals surface area (Å²) in [4.78, 5) is 71.9. The molecule has 0 aliphatic carbocycles. The number of imidazole rings is 2. The van der Waals surface area contributed by atoms with Crippen molar-refractivity contribution in [3.05, 3.63) is 39.2 Å². The summed E-state index contributed by atoms with van der Waals surface area (Å²) in [6.07, 6.45) is -7.83. The highest BCUT2D eigenvalue weighted by molar-refractivity contribution is 7.66. The molecule has 7 heterocycles. The summed E-state index contributed by atoms with van der Waals surface area (Å²) < 4.78 is 76.4. The van der Waals surface area contributed by atoms with Crippen molar-refractivity contribution in [1.29, 1.82) is 0 Å². The Morgan fingerprint density at radius 1 is 1.04 bits per heavy atom. The van der Waals surface area contributed by atoms with Crippen LogP contribution >= 0.6 is 23.5 Å². The second-order valence-electron chi connectivity index (χ2n) is 12.2. The number of phosphoric ester groups is 2. The Bertz CT molecular complexity index is 2370. The molecule has 0 aromatic carbocycles. The summed E-state index contributed by atoms with van der Waals surface area (Å²) in [5.74, 6) is -0.0244. The second-order valence-corrected chi connectivity index (χ2v) is 16.8. The van der Waals surface area contributed by atoms with Crippen molar-refractivity contribution in [2.24, 2.45) is 7.05 Å². The van der Waals surface area contributed by atoms with Crippen LogP contribution in [0, 0.1) is 6.92 Å². The lowest BCUT2D eigenvalue weighted by molar-refractivity contribution is -0.752. The number of hydrogen-bond acceptors (Lipinski definition) is 19. The third-order valence-corrected chi connectivity index (χ3v) is 12.8. The summed E-state index contributed by atoms with van der Waals surface area (Å²) in [6.45, 7) is -0.976. The van der Waals surface area contributed by atoms with Gasteiger partial charge in [0.1, 0.15) is 41.9 Å². The number of phosphoric acid groups is 3. The number of aliphatic hydroxyl groups excluding tert-OH is 3. The minimum absolute atomic E-state index is 0.0210. The molecule has 5 unspecified atom stereocenters. The summed E-state index contributed by atoms with van der Waals surface area (Å²) in [5, 5.41) is 32.0. The number of aromatic amines is 2. The SMILES string of the molecule is Cc1nc2c(ncn2[C@@H]2O[C@H](COP(=O)(O)OP(=O)(O)OP(=O)(O)OC[C@@]34CO[C@@H](C3O)[C@H]([n+]3cn(C)c5c(=O)[nH]c(N)nc53)O4)C(O)[C@@H]2O)c(=O)[nH]1. The van der Waals surface area contributed by atoms with E-state index >= 15 is 0 Å². The standard InChI is InChI=1S/C23H30N9O18P3/c1-8-26-16-10(18(36)27-8)25-6-31(16)20-13(34)12(33)9(47-20)3-45-51(38,39)49-53(42,43)50-52(40,41)46-5-23-4-44-14(15(23)35)21(48-23)32-7-30(2)11-17(32)28-22(24)29-19(11)37/h6-7,9,12-15,20-21,33-35H,3-5H2,1-2H3,(H6-,24,26,27,28,29,36,37,38,39,40,41,42,43)/p+1/t9-,12?,13+,14+,15?,20-,21-,23+/m1/s1. The van der Waals surface area contributed by atoms with Crippen molar-refractivity contribution < 1.29 is 80.1 Å². The highest BCUT2D eigenvalue weighted by atomic mass is 31.3. The number of fused-ring (bicyclic) bond motifs is 4. The van der Waals surface area contributed by atoms with E-state index in [9.17, 15) is 53.3 Å². The van der Waals surface area contributed by atoms with Gasteiger partial charge in [0, 0.05) is 0 Å². The fourth-order valence-electron chi connectivity index (χ4n) is 6.19. The van der Waals surface area contributed by atoms with Crippen LogP contribution in [0.15, 0.2) is 22.2 Å². The lowest BCUT2D eigenvalue weighted by Crippen LogP contribution is -2.50. The Hall–Kier alpha value is -3.33. The molecule has 27 nitrogen and oxygen atoms in total. The van der Waals surface area contributed by atoms with Crippen LogP contribution in [0.5, 0.6) is 0 Å². The molecule has 7 rings (SSSR count). The Labute approximate surface area is 293 Å². The number of hydrogen-bond donors (Lipinski definition) is 9. The normalized spacial score (nSPS) is 32.0. The van der Waals surface area contributed by atoms with E-state index in [0.717, 1.165) is 10.9 Å². The molecule has 3 aliphatic heterocycles. The zero-order chi connectivity index (χ0) is 38.4. The quantitative estimate of drug-likeness (QED) is 0.0497. The van der Waals surface area contributed by atoms with Crippen molar-refractivity contribution in [3.63, 3.8) is 0 Å². The van der Waals surface area contributed by atoms with Crippen LogP contribution in [-0.4, -0.2) is 120 Å². The maximum Gasteiger partial charge on any atom is 0.490 e. The van der Waals surface area contributed by atoms with Crippen LogP contribution in [0.1, 0.15) is 18.3 Å². The van der Waals surface area contributed by atoms with Gasteiger partial charge in [-0.1, -0.05) is 4.98 Å². The zero-order valence-electron chi connectivity index (χ0n) is 27.0. The van der Waals surface area contributed by atoms with Crippen molar-refractivity contribution in [3.8, 4) is 0 Å². The number of rotatable bonds is 12. The first-order chi connectivity index (χ1) is 24.7. The molecule has 0 saturated carbocycles. The molecule has 2 bridgehead atoms. The summed E-state index contributed by atoms with van der Waals surface area (Å²) in [6, 6.07) is 0. The molecule has 10 N–H and O–H groups in total. The van der Waals surface area contributed by atoms with E-state index in [1.807, 2.05) is 0 Å². The number of aliphatic hydroxyl groups is 3. The lowest BCUT2D eigenvalue weighted by Gasteiger charge is -2.29. The smallest absolute Gasteiger partial charge is 0.387 e. The van der Waals surface area contributed by atoms with E-state index in [1.165, 1.54) is 29.4 Å². The molecule has 3 saturated heterocycles. The van der Waals surface area contributed by atoms with Crippen LogP contribution in [-0.2, 0) is 52.6 Å². The third-order valence-electron chi connectivity index (χ3n) is 8.52. The highest BCUT2D eigenvalue weighted by Gasteiger charge is 2.64. The average Bonchev–Trinajstić information content (AvgIpc) is 3.82. The summed E-state index contributed by atoms with van der Waals surface area (Å²) in [5.41, 5.74) is 2.64. The van der Waals surface area contributed by atoms with Crippen molar-refractivity contribution in [2.45, 2.75) is 55.5 Å². The Morgan fingerprint density at radius 3 is 2.45 bits per heavy atom. The first kappa shape index (κ1) is 38.0. The van der Waals surface area contributed by atoms with E-state index in [4.69, 9.17) is 24.5 Å². The molecular weight excluding hydrogens is 783 g/mol. The van der Waals surface area contributed by atoms with Crippen LogP contribution in [0.3, 0.4) is 0 Å². The molecule has 0 radical (unpaired) electrons. The molecular formula is C23H31N9O18P3+. The lowest BCUT2D eigenvalue weighted by atomic mass is 10.0. The fourth-order valence-corrected chi connectivity index (χ4v) is 9.76. The maximum absolute atomic E-state index is 12.7. The minimum Gasteiger partial charge on any atom is -0.387 e. The van der Waals surface area contributed by atoms with Gasteiger partial charge in [0.05, 0.1) is 33.2 Å². The second kappa shape index (κ2) is 13.2. The van der Waals surface area contributed by atoms with Crippen LogP contribution in [0.2, 0.25) is 0 Å². The number of aryl methyl sites for hydroxylation is 2. The maximum atomic E-state index is 12.7. The Morgan fingerprint density at radius 2 is 1.74 bits per heavy atom. The summed E-state index contributed by atoms with van der Waals surface area (Å²) in [7, 11) is -15.8. The van der Waals surface area contributed by atoms with Gasteiger partial charge in [-0.25, -0.2) is 28.2 Å². The summed E-state index contributed by atoms with van der Waals surface area (Å²) >= 11 is 0. The fraction of sp³-hybridized carbons (Fsp3) is 0.565. The monoisotopic (exact) mass is 814 g/mol. The number of H-pyrrole nitrogens is 2. The zero-order valence-corrected chi connectivity index (χ0v) is 29.7. The minimum atomic E-state index is -5.98. The number of nitrogen functional groups attached to an aromatic ring is 1. The van der Waals surface area contributed by atoms with Gasteiger partial charge in [-0.05, 0) is 6.92 Å². The van der Waals surface area contributed by atoms with Crippen molar-refractivity contribution in [2.75, 3.05) is 25.6 Å². The molecule has 0 spiro atoms. The molecule has 3 aliphatic rings. The molecule has 11 atom stereocenters. The first-order valence-corrected chi connectivity index (χ1v) is 19.6. The predicted octanol–water partition coefficient (Wildman–Crippen LogP) is -3.41. The predicted molar refractivity (Wildman–Crippen MR) is 167 cm³/mol. The van der Waals surface area contributed by atoms with E-state index in [0.29, 0.717) is 0 Å². The van der Waals surface area contributed by atoms with Crippen LogP contribution in [0.25, 0.3) is 22.3 Å². The van der Waals surface area contributed by atoms with Gasteiger partial charge < -0.3 is 54.9 Å². The topological polar surface area (TPSA) is 381 Å². The van der Waals surface area contributed by atoms with E-state index in [2.05, 4.69) is 38.1 Å². The van der Waals surface area contributed by atoms with Gasteiger partial charge in [-0.2, -0.15) is 8.62 Å². The van der Waals surface area contributed by atoms with Gasteiger partial charge in [0.25, 0.3) is 17.1 Å². The average molecular weight is 814 g/mol. The molecule has 53 heavy (non-hydrogen) atoms. The van der Waals surface area contributed by atoms with Crippen molar-refractivity contribution in [1.82, 2.24) is 34.1 Å². The van der Waals surface area contributed by atoms with Crippen LogP contribution in [0.4, 0.5) is 5.95 Å². The molecule has 4 aromatic heterocycles. The number of ether oxygens (including phenoxy) is 3. The Balaban J connectivity index is 0.968. The molecule has 4 aromatic rings. The number of nitrogens with one attached hydrogen (secondary N) is 2. The Kier molecular flexibility index (Phi) is 9.43. The number of anilines is 1. The number of nitrogens with zero attached hydrogens (tertiary/aromatic N) is 6. The van der Waals surface area contributed by atoms with Gasteiger partial charge >= 0.3 is 29.1 Å². The van der Waals surface area contributed by atoms with E-state index < -0.39 is 103 Å². The number of aromatic nitrogens is 8. The van der Waals surface area contributed by atoms with Gasteiger partial charge in [0.2, 0.25) is 11.7 Å². The van der Waals surface area contributed by atoms with Gasteiger partial charge in [-0.15, -0.1) is 0 Å². The van der Waals surface area contributed by atoms with Gasteiger partial charge in [0.15, 0.2) is 23.7 Å². The molecule has 290 valence electrons. The van der Waals surface area contributed by atoms with E-state index in [1.54, 1.807) is 0 Å². The van der Waals surface area contributed by atoms with E-state index in [-0.39, 0.29) is 34.1 Å². The largest absolute Gasteiger partial charge is 0.490 e. The van der Waals surface area contributed by atoms with Crippen LogP contribution < -0.4 is 21.4 Å². The molecule has 30 heteroatoms. The van der Waals surface area contributed by atoms with Gasteiger partial charge in [-0.3, -0.25) is 32.8 Å².